The fourth-order valence-electron chi connectivity index (χ4n) is 1.91. The molecule has 0 nitrogen and oxygen atoms in total. The van der Waals surface area contributed by atoms with E-state index in [1.54, 1.807) is 5.57 Å². The van der Waals surface area contributed by atoms with E-state index in [-0.39, 0.29) is 0 Å². The van der Waals surface area contributed by atoms with E-state index in [4.69, 9.17) is 0 Å². The lowest BCUT2D eigenvalue weighted by Gasteiger charge is -2.03. The van der Waals surface area contributed by atoms with Gasteiger partial charge in [-0.2, -0.15) is 0 Å². The van der Waals surface area contributed by atoms with Crippen LogP contribution in [0, 0.1) is 0 Å². The molecule has 0 aromatic heterocycles. The SMILES string of the molecule is CCCCCC1=CCCCCC1. The van der Waals surface area contributed by atoms with Crippen molar-refractivity contribution in [2.24, 2.45) is 0 Å². The smallest absolute Gasteiger partial charge is 0.0320 e. The largest absolute Gasteiger partial charge is 0.0853 e. The van der Waals surface area contributed by atoms with Crippen LogP contribution in [0.2, 0.25) is 0 Å². The van der Waals surface area contributed by atoms with Crippen LogP contribution < -0.4 is 0 Å². The number of unbranched alkanes of at least 4 members (excludes halogenated alkanes) is 2. The van der Waals surface area contributed by atoms with Gasteiger partial charge in [-0.05, 0) is 38.5 Å². The third kappa shape index (κ3) is 3.94. The van der Waals surface area contributed by atoms with E-state index in [2.05, 4.69) is 13.0 Å². The Morgan fingerprint density at radius 1 is 1.17 bits per heavy atom. The zero-order chi connectivity index (χ0) is 8.65. The van der Waals surface area contributed by atoms with Gasteiger partial charge in [0, 0.05) is 0 Å². The summed E-state index contributed by atoms with van der Waals surface area (Å²) in [6, 6.07) is 0. The Morgan fingerprint density at radius 2 is 2.08 bits per heavy atom. The van der Waals surface area contributed by atoms with E-state index in [0.29, 0.717) is 0 Å². The molecule has 0 saturated carbocycles. The second-order valence-electron chi connectivity index (χ2n) is 3.92. The molecule has 0 heteroatoms. The third-order valence-electron chi connectivity index (χ3n) is 2.74. The van der Waals surface area contributed by atoms with Crippen LogP contribution in [0.5, 0.6) is 0 Å². The van der Waals surface area contributed by atoms with Gasteiger partial charge in [0.25, 0.3) is 0 Å². The molecule has 0 aromatic carbocycles. The van der Waals surface area contributed by atoms with Gasteiger partial charge in [-0.25, -0.2) is 0 Å². The Kier molecular flexibility index (Phi) is 5.14. The van der Waals surface area contributed by atoms with Crippen molar-refractivity contribution in [2.45, 2.75) is 64.7 Å². The highest BCUT2D eigenvalue weighted by Gasteiger charge is 2.01. The monoisotopic (exact) mass is 166 g/mol. The summed E-state index contributed by atoms with van der Waals surface area (Å²) in [5.74, 6) is 0. The fourth-order valence-corrected chi connectivity index (χ4v) is 1.91. The summed E-state index contributed by atoms with van der Waals surface area (Å²) in [4.78, 5) is 0. The first kappa shape index (κ1) is 9.83. The molecule has 0 aromatic rings. The minimum Gasteiger partial charge on any atom is -0.0853 e. The predicted octanol–water partition coefficient (Wildman–Crippen LogP) is 4.46. The van der Waals surface area contributed by atoms with Crippen LogP contribution in [0.4, 0.5) is 0 Å². The standard InChI is InChI=1S/C12H22/c1-2-3-6-9-12-10-7-4-5-8-11-12/h10H,2-9,11H2,1H3. The molecule has 0 fully saturated rings. The Hall–Kier alpha value is -0.260. The van der Waals surface area contributed by atoms with Crippen molar-refractivity contribution in [2.75, 3.05) is 0 Å². The van der Waals surface area contributed by atoms with E-state index >= 15 is 0 Å². The first-order valence-electron chi connectivity index (χ1n) is 5.61. The highest BCUT2D eigenvalue weighted by Crippen LogP contribution is 2.21. The topological polar surface area (TPSA) is 0 Å². The quantitative estimate of drug-likeness (QED) is 0.427. The molecule has 0 amide bonds. The summed E-state index contributed by atoms with van der Waals surface area (Å²) in [6.07, 6.45) is 15.1. The van der Waals surface area contributed by atoms with Gasteiger partial charge in [0.1, 0.15) is 0 Å². The lowest BCUT2D eigenvalue weighted by Crippen LogP contribution is -1.83. The van der Waals surface area contributed by atoms with Gasteiger partial charge in [0.15, 0.2) is 0 Å². The summed E-state index contributed by atoms with van der Waals surface area (Å²) in [6.45, 7) is 2.28. The van der Waals surface area contributed by atoms with Gasteiger partial charge < -0.3 is 0 Å². The maximum Gasteiger partial charge on any atom is -0.0320 e. The van der Waals surface area contributed by atoms with Gasteiger partial charge in [-0.3, -0.25) is 0 Å². The molecular weight excluding hydrogens is 144 g/mol. The molecule has 0 bridgehead atoms. The number of hydrogen-bond donors (Lipinski definition) is 0. The first-order chi connectivity index (χ1) is 5.93. The van der Waals surface area contributed by atoms with Crippen LogP contribution >= 0.6 is 0 Å². The van der Waals surface area contributed by atoms with E-state index in [0.717, 1.165) is 0 Å². The van der Waals surface area contributed by atoms with Crippen molar-refractivity contribution < 1.29 is 0 Å². The lowest BCUT2D eigenvalue weighted by molar-refractivity contribution is 0.671. The summed E-state index contributed by atoms with van der Waals surface area (Å²) >= 11 is 0. The molecule has 12 heavy (non-hydrogen) atoms. The van der Waals surface area contributed by atoms with Crippen molar-refractivity contribution in [3.63, 3.8) is 0 Å². The molecule has 0 radical (unpaired) electrons. The average Bonchev–Trinajstić information content (AvgIpc) is 2.33. The van der Waals surface area contributed by atoms with Crippen molar-refractivity contribution in [3.8, 4) is 0 Å². The van der Waals surface area contributed by atoms with Crippen LogP contribution in [0.25, 0.3) is 0 Å². The minimum atomic E-state index is 1.35. The van der Waals surface area contributed by atoms with E-state index in [1.165, 1.54) is 57.8 Å². The molecule has 70 valence electrons. The Labute approximate surface area is 77.1 Å². The zero-order valence-corrected chi connectivity index (χ0v) is 8.44. The molecule has 1 rings (SSSR count). The van der Waals surface area contributed by atoms with Crippen molar-refractivity contribution in [1.29, 1.82) is 0 Å². The molecule has 0 saturated heterocycles. The molecule has 1 aliphatic rings. The Morgan fingerprint density at radius 3 is 2.92 bits per heavy atom. The molecule has 0 aliphatic heterocycles. The van der Waals surface area contributed by atoms with Crippen LogP contribution in [-0.4, -0.2) is 0 Å². The Balaban J connectivity index is 2.15. The van der Waals surface area contributed by atoms with Gasteiger partial charge in [0.05, 0.1) is 0 Å². The van der Waals surface area contributed by atoms with Crippen LogP contribution in [-0.2, 0) is 0 Å². The maximum absolute atomic E-state index is 2.50. The number of allylic oxidation sites excluding steroid dienone is 2. The van der Waals surface area contributed by atoms with Crippen molar-refractivity contribution >= 4 is 0 Å². The minimum absolute atomic E-state index is 1.35. The summed E-state index contributed by atoms with van der Waals surface area (Å²) in [5.41, 5.74) is 1.75. The molecular formula is C12H22. The number of rotatable bonds is 4. The second-order valence-corrected chi connectivity index (χ2v) is 3.92. The van der Waals surface area contributed by atoms with E-state index in [9.17, 15) is 0 Å². The summed E-state index contributed by atoms with van der Waals surface area (Å²) < 4.78 is 0. The molecule has 0 atom stereocenters. The van der Waals surface area contributed by atoms with Crippen LogP contribution in [0.1, 0.15) is 64.7 Å². The molecule has 0 heterocycles. The van der Waals surface area contributed by atoms with Crippen LogP contribution in [0.3, 0.4) is 0 Å². The van der Waals surface area contributed by atoms with Gasteiger partial charge in [0.2, 0.25) is 0 Å². The number of hydrogen-bond acceptors (Lipinski definition) is 0. The maximum atomic E-state index is 2.50. The zero-order valence-electron chi connectivity index (χ0n) is 8.44. The third-order valence-corrected chi connectivity index (χ3v) is 2.74. The molecule has 0 unspecified atom stereocenters. The van der Waals surface area contributed by atoms with Gasteiger partial charge >= 0.3 is 0 Å². The Bertz CT molecular complexity index is 133. The highest BCUT2D eigenvalue weighted by molar-refractivity contribution is 5.03. The lowest BCUT2D eigenvalue weighted by atomic mass is 10.0. The van der Waals surface area contributed by atoms with Gasteiger partial charge in [-0.15, -0.1) is 0 Å². The average molecular weight is 166 g/mol. The molecule has 0 N–H and O–H groups in total. The van der Waals surface area contributed by atoms with Gasteiger partial charge in [-0.1, -0.05) is 37.8 Å². The first-order valence-corrected chi connectivity index (χ1v) is 5.61. The highest BCUT2D eigenvalue weighted by atomic mass is 14.1. The second kappa shape index (κ2) is 6.28. The summed E-state index contributed by atoms with van der Waals surface area (Å²) in [5, 5.41) is 0. The van der Waals surface area contributed by atoms with E-state index < -0.39 is 0 Å². The van der Waals surface area contributed by atoms with Crippen molar-refractivity contribution in [1.82, 2.24) is 0 Å². The summed E-state index contributed by atoms with van der Waals surface area (Å²) in [7, 11) is 0. The predicted molar refractivity (Wildman–Crippen MR) is 55.3 cm³/mol. The van der Waals surface area contributed by atoms with E-state index in [1.807, 2.05) is 0 Å². The normalized spacial score (nSPS) is 18.6. The molecule has 1 aliphatic carbocycles. The van der Waals surface area contributed by atoms with Crippen LogP contribution in [0.15, 0.2) is 11.6 Å². The molecule has 0 spiro atoms. The van der Waals surface area contributed by atoms with Crippen molar-refractivity contribution in [3.05, 3.63) is 11.6 Å². The fraction of sp³-hybridized carbons (Fsp3) is 0.833.